The van der Waals surface area contributed by atoms with Crippen molar-refractivity contribution in [2.24, 2.45) is 0 Å². The molecule has 3 aromatic rings. The number of alkyl halides is 1. The van der Waals surface area contributed by atoms with Gasteiger partial charge in [0.1, 0.15) is 0 Å². The van der Waals surface area contributed by atoms with Gasteiger partial charge in [-0.1, -0.05) is 70.0 Å². The molecule has 0 aliphatic carbocycles. The highest BCUT2D eigenvalue weighted by atomic mass is 79.9. The number of allylic oxidation sites excluding steroid dienone is 2. The molecule has 0 spiro atoms. The van der Waals surface area contributed by atoms with E-state index in [9.17, 15) is 4.79 Å². The Bertz CT molecular complexity index is 916. The van der Waals surface area contributed by atoms with Gasteiger partial charge in [-0.2, -0.15) is 5.10 Å². The van der Waals surface area contributed by atoms with Crippen LogP contribution in [0.3, 0.4) is 0 Å². The van der Waals surface area contributed by atoms with E-state index in [1.807, 2.05) is 60.7 Å². The lowest BCUT2D eigenvalue weighted by Gasteiger charge is -2.10. The largest absolute Gasteiger partial charge is 0.274 e. The summed E-state index contributed by atoms with van der Waals surface area (Å²) < 4.78 is 1.49. The van der Waals surface area contributed by atoms with Crippen LogP contribution in [0.4, 0.5) is 0 Å². The van der Waals surface area contributed by atoms with Gasteiger partial charge in [0.05, 0.1) is 17.6 Å². The van der Waals surface area contributed by atoms with E-state index < -0.39 is 0 Å². The lowest BCUT2D eigenvalue weighted by atomic mass is 10.1. The molecule has 2 aromatic carbocycles. The minimum atomic E-state index is -0.0856. The van der Waals surface area contributed by atoms with Crippen molar-refractivity contribution in [2.45, 2.75) is 6.54 Å². The molecule has 3 rings (SSSR count). The number of nitrogens with zero attached hydrogens (tertiary/aromatic N) is 2. The summed E-state index contributed by atoms with van der Waals surface area (Å²) in [4.78, 5) is 12.6. The normalized spacial score (nSPS) is 11.4. The van der Waals surface area contributed by atoms with Crippen LogP contribution in [0.25, 0.3) is 22.0 Å². The topological polar surface area (TPSA) is 34.9 Å². The zero-order valence-electron chi connectivity index (χ0n) is 12.2. The standard InChI is InChI=1S/C18H14BrClN2O/c19-11-3-4-12-22-18(23)16-6-2-1-5-15(16)17(21-22)13-7-9-14(20)10-8-13/h1-10H,11-12H2. The van der Waals surface area contributed by atoms with E-state index >= 15 is 0 Å². The van der Waals surface area contributed by atoms with Crippen LogP contribution in [0, 0.1) is 0 Å². The fourth-order valence-corrected chi connectivity index (χ4v) is 2.81. The molecule has 0 bridgehead atoms. The zero-order chi connectivity index (χ0) is 16.2. The molecule has 3 nitrogen and oxygen atoms in total. The van der Waals surface area contributed by atoms with Gasteiger partial charge in [0.15, 0.2) is 0 Å². The second kappa shape index (κ2) is 7.11. The van der Waals surface area contributed by atoms with Crippen molar-refractivity contribution in [3.05, 3.63) is 76.1 Å². The Hall–Kier alpha value is -1.91. The van der Waals surface area contributed by atoms with Crippen LogP contribution in [-0.4, -0.2) is 15.1 Å². The number of fused-ring (bicyclic) bond motifs is 1. The molecule has 0 aliphatic rings. The number of rotatable bonds is 4. The summed E-state index contributed by atoms with van der Waals surface area (Å²) in [5.41, 5.74) is 1.63. The number of hydrogen-bond donors (Lipinski definition) is 0. The average Bonchev–Trinajstić information content (AvgIpc) is 2.58. The van der Waals surface area contributed by atoms with Crippen molar-refractivity contribution >= 4 is 38.3 Å². The summed E-state index contributed by atoms with van der Waals surface area (Å²) in [5, 5.41) is 7.50. The van der Waals surface area contributed by atoms with Gasteiger partial charge in [0.25, 0.3) is 5.56 Å². The van der Waals surface area contributed by atoms with Crippen molar-refractivity contribution in [3.63, 3.8) is 0 Å². The first-order chi connectivity index (χ1) is 11.2. The molecule has 1 heterocycles. The first kappa shape index (κ1) is 16.0. The Morgan fingerprint density at radius 2 is 1.74 bits per heavy atom. The first-order valence-corrected chi connectivity index (χ1v) is 8.67. The molecule has 0 amide bonds. The third-order valence-electron chi connectivity index (χ3n) is 3.52. The summed E-state index contributed by atoms with van der Waals surface area (Å²) in [7, 11) is 0. The maximum atomic E-state index is 12.6. The average molecular weight is 390 g/mol. The van der Waals surface area contributed by atoms with Crippen LogP contribution >= 0.6 is 27.5 Å². The van der Waals surface area contributed by atoms with E-state index in [0.717, 1.165) is 22.0 Å². The second-order valence-corrected chi connectivity index (χ2v) is 6.10. The van der Waals surface area contributed by atoms with E-state index in [1.165, 1.54) is 4.68 Å². The van der Waals surface area contributed by atoms with Crippen LogP contribution < -0.4 is 5.56 Å². The minimum Gasteiger partial charge on any atom is -0.267 e. The van der Waals surface area contributed by atoms with Crippen molar-refractivity contribution < 1.29 is 0 Å². The molecule has 0 saturated carbocycles. The summed E-state index contributed by atoms with van der Waals surface area (Å²) in [6.45, 7) is 0.440. The molecule has 5 heteroatoms. The van der Waals surface area contributed by atoms with E-state index in [2.05, 4.69) is 21.0 Å². The first-order valence-electron chi connectivity index (χ1n) is 7.17. The third kappa shape index (κ3) is 3.38. The van der Waals surface area contributed by atoms with Crippen LogP contribution in [0.5, 0.6) is 0 Å². The van der Waals surface area contributed by atoms with Gasteiger partial charge in [-0.05, 0) is 18.2 Å². The highest BCUT2D eigenvalue weighted by Gasteiger charge is 2.11. The Labute approximate surface area is 147 Å². The zero-order valence-corrected chi connectivity index (χ0v) is 14.6. The summed E-state index contributed by atoms with van der Waals surface area (Å²) >= 11 is 9.30. The van der Waals surface area contributed by atoms with Gasteiger partial charge < -0.3 is 0 Å². The lowest BCUT2D eigenvalue weighted by molar-refractivity contribution is 0.663. The number of hydrogen-bond acceptors (Lipinski definition) is 2. The van der Waals surface area contributed by atoms with Gasteiger partial charge in [0.2, 0.25) is 0 Å². The molecule has 116 valence electrons. The Balaban J connectivity index is 2.23. The van der Waals surface area contributed by atoms with E-state index in [-0.39, 0.29) is 5.56 Å². The molecule has 0 fully saturated rings. The SMILES string of the molecule is O=c1c2ccccc2c(-c2ccc(Cl)cc2)nn1CC=CCBr. The number of aromatic nitrogens is 2. The lowest BCUT2D eigenvalue weighted by Crippen LogP contribution is -2.23. The number of benzene rings is 2. The van der Waals surface area contributed by atoms with E-state index in [1.54, 1.807) is 0 Å². The fraction of sp³-hybridized carbons (Fsp3) is 0.111. The van der Waals surface area contributed by atoms with E-state index in [4.69, 9.17) is 11.6 Å². The van der Waals surface area contributed by atoms with Gasteiger partial charge in [-0.3, -0.25) is 4.79 Å². The van der Waals surface area contributed by atoms with Gasteiger partial charge in [0, 0.05) is 21.3 Å². The summed E-state index contributed by atoms with van der Waals surface area (Å²) in [5.74, 6) is 0. The molecule has 0 aliphatic heterocycles. The monoisotopic (exact) mass is 388 g/mol. The maximum absolute atomic E-state index is 12.6. The van der Waals surface area contributed by atoms with E-state index in [0.29, 0.717) is 17.0 Å². The van der Waals surface area contributed by atoms with Crippen molar-refractivity contribution in [2.75, 3.05) is 5.33 Å². The van der Waals surface area contributed by atoms with Crippen LogP contribution in [0.1, 0.15) is 0 Å². The van der Waals surface area contributed by atoms with Gasteiger partial charge in [-0.15, -0.1) is 0 Å². The van der Waals surface area contributed by atoms with Crippen LogP contribution in [0.15, 0.2) is 65.5 Å². The highest BCUT2D eigenvalue weighted by molar-refractivity contribution is 9.09. The molecule has 0 saturated heterocycles. The third-order valence-corrected chi connectivity index (χ3v) is 4.15. The Kier molecular flexibility index (Phi) is 4.94. The predicted octanol–water partition coefficient (Wildman–Crippen LogP) is 4.67. The Morgan fingerprint density at radius 3 is 2.43 bits per heavy atom. The van der Waals surface area contributed by atoms with Gasteiger partial charge in [-0.25, -0.2) is 4.68 Å². The summed E-state index contributed by atoms with van der Waals surface area (Å²) in [6, 6.07) is 15.0. The minimum absolute atomic E-state index is 0.0856. The molecule has 0 N–H and O–H groups in total. The molecule has 1 aromatic heterocycles. The molecule has 0 radical (unpaired) electrons. The molecular weight excluding hydrogens is 376 g/mol. The van der Waals surface area contributed by atoms with Crippen molar-refractivity contribution in [1.29, 1.82) is 0 Å². The Morgan fingerprint density at radius 1 is 1.04 bits per heavy atom. The fourth-order valence-electron chi connectivity index (χ4n) is 2.42. The van der Waals surface area contributed by atoms with Crippen LogP contribution in [0.2, 0.25) is 5.02 Å². The van der Waals surface area contributed by atoms with Crippen LogP contribution in [-0.2, 0) is 6.54 Å². The van der Waals surface area contributed by atoms with Crippen molar-refractivity contribution in [3.8, 4) is 11.3 Å². The molecule has 0 unspecified atom stereocenters. The molecule has 23 heavy (non-hydrogen) atoms. The quantitative estimate of drug-likeness (QED) is 0.480. The van der Waals surface area contributed by atoms with Crippen molar-refractivity contribution in [1.82, 2.24) is 9.78 Å². The number of halogens is 2. The molecule has 0 atom stereocenters. The predicted molar refractivity (Wildman–Crippen MR) is 99.4 cm³/mol. The smallest absolute Gasteiger partial charge is 0.267 e. The summed E-state index contributed by atoms with van der Waals surface area (Å²) in [6.07, 6.45) is 3.87. The maximum Gasteiger partial charge on any atom is 0.274 e. The highest BCUT2D eigenvalue weighted by Crippen LogP contribution is 2.25. The van der Waals surface area contributed by atoms with Gasteiger partial charge >= 0.3 is 0 Å². The molecular formula is C18H14BrClN2O. The second-order valence-electron chi connectivity index (χ2n) is 5.01.